The fraction of sp³-hybridized carbons (Fsp3) is 0.111. The molecule has 0 atom stereocenters. The van der Waals surface area contributed by atoms with Gasteiger partial charge in [0.15, 0.2) is 0 Å². The molecule has 8 aromatic carbocycles. The second-order valence-corrected chi connectivity index (χ2v) is 14.6. The molecule has 0 aliphatic carbocycles. The number of nitrogens with zero attached hydrogens (tertiary/aromatic N) is 2. The number of benzene rings is 8. The Hall–Kier alpha value is -6.64. The molecule has 0 unspecified atom stereocenters. The van der Waals surface area contributed by atoms with Crippen molar-refractivity contribution in [2.45, 2.75) is 40.5 Å². The average molecular weight is 725 g/mol. The number of rotatable bonds is 11. The van der Waals surface area contributed by atoms with E-state index >= 15 is 0 Å². The molecule has 2 nitrogen and oxygen atoms in total. The van der Waals surface area contributed by atoms with Gasteiger partial charge in [-0.3, -0.25) is 0 Å². The normalized spacial score (nSPS) is 11.0. The molecule has 0 saturated heterocycles. The van der Waals surface area contributed by atoms with Crippen molar-refractivity contribution in [3.05, 3.63) is 216 Å². The monoisotopic (exact) mass is 724 g/mol. The van der Waals surface area contributed by atoms with Gasteiger partial charge in [-0.25, -0.2) is 0 Å². The van der Waals surface area contributed by atoms with Gasteiger partial charge in [-0.15, -0.1) is 0 Å². The van der Waals surface area contributed by atoms with E-state index in [0.717, 1.165) is 52.5 Å². The van der Waals surface area contributed by atoms with Gasteiger partial charge in [0.2, 0.25) is 0 Å². The molecule has 0 amide bonds. The lowest BCUT2D eigenvalue weighted by molar-refractivity contribution is 1.14. The lowest BCUT2D eigenvalue weighted by Gasteiger charge is -2.30. The van der Waals surface area contributed by atoms with Gasteiger partial charge >= 0.3 is 0 Å². The predicted molar refractivity (Wildman–Crippen MR) is 240 cm³/mol. The summed E-state index contributed by atoms with van der Waals surface area (Å²) in [4.78, 5) is 4.77. The molecule has 0 spiro atoms. The molecule has 0 N–H and O–H groups in total. The van der Waals surface area contributed by atoms with Crippen molar-refractivity contribution in [1.29, 1.82) is 0 Å². The number of aryl methyl sites for hydroxylation is 4. The summed E-state index contributed by atoms with van der Waals surface area (Å²) >= 11 is 0. The Morgan fingerprint density at radius 1 is 0.286 bits per heavy atom. The zero-order valence-corrected chi connectivity index (χ0v) is 32.8. The molecule has 0 radical (unpaired) electrons. The average Bonchev–Trinajstić information content (AvgIpc) is 3.26. The summed E-state index contributed by atoms with van der Waals surface area (Å²) in [6.07, 6.45) is 2.07. The maximum absolute atomic E-state index is 2.38. The number of anilines is 6. The van der Waals surface area contributed by atoms with Crippen LogP contribution in [0.15, 0.2) is 194 Å². The van der Waals surface area contributed by atoms with Gasteiger partial charge in [0.1, 0.15) is 0 Å². The van der Waals surface area contributed by atoms with E-state index in [9.17, 15) is 0 Å². The van der Waals surface area contributed by atoms with Gasteiger partial charge in [-0.1, -0.05) is 152 Å². The molecule has 0 aromatic heterocycles. The predicted octanol–water partition coefficient (Wildman–Crippen LogP) is 15.4. The van der Waals surface area contributed by atoms with Crippen LogP contribution in [-0.2, 0) is 12.8 Å². The molecule has 2 heteroatoms. The zero-order chi connectivity index (χ0) is 38.4. The van der Waals surface area contributed by atoms with Crippen LogP contribution in [-0.4, -0.2) is 0 Å². The molecule has 0 saturated carbocycles. The van der Waals surface area contributed by atoms with E-state index in [4.69, 9.17) is 0 Å². The summed E-state index contributed by atoms with van der Waals surface area (Å²) in [5, 5.41) is 0. The maximum atomic E-state index is 2.38. The van der Waals surface area contributed by atoms with Crippen LogP contribution in [0.4, 0.5) is 34.1 Å². The maximum Gasteiger partial charge on any atom is 0.0488 e. The molecule has 8 aromatic rings. The van der Waals surface area contributed by atoms with Crippen LogP contribution in [0.25, 0.3) is 33.4 Å². The topological polar surface area (TPSA) is 6.48 Å². The highest BCUT2D eigenvalue weighted by Crippen LogP contribution is 2.44. The Morgan fingerprint density at radius 3 is 0.929 bits per heavy atom. The van der Waals surface area contributed by atoms with Crippen molar-refractivity contribution in [2.75, 3.05) is 9.80 Å². The van der Waals surface area contributed by atoms with Gasteiger partial charge in [0.25, 0.3) is 0 Å². The lowest BCUT2D eigenvalue weighted by atomic mass is 10.0. The van der Waals surface area contributed by atoms with E-state index in [-0.39, 0.29) is 0 Å². The molecule has 56 heavy (non-hydrogen) atoms. The van der Waals surface area contributed by atoms with Crippen molar-refractivity contribution in [1.82, 2.24) is 0 Å². The summed E-state index contributed by atoms with van der Waals surface area (Å²) in [7, 11) is 0. The lowest BCUT2D eigenvalue weighted by Crippen LogP contribution is -2.13. The molecule has 0 aliphatic rings. The largest absolute Gasteiger partial charge is 0.310 e. The first-order valence-corrected chi connectivity index (χ1v) is 19.8. The van der Waals surface area contributed by atoms with Gasteiger partial charge in [0, 0.05) is 34.1 Å². The molecule has 0 heterocycles. The minimum Gasteiger partial charge on any atom is -0.310 e. The van der Waals surface area contributed by atoms with E-state index in [1.807, 2.05) is 0 Å². The summed E-state index contributed by atoms with van der Waals surface area (Å²) in [5.41, 5.74) is 18.9. The first-order valence-electron chi connectivity index (χ1n) is 19.8. The zero-order valence-electron chi connectivity index (χ0n) is 32.8. The number of hydrogen-bond acceptors (Lipinski definition) is 2. The summed E-state index contributed by atoms with van der Waals surface area (Å²) in [5.74, 6) is 0. The Balaban J connectivity index is 1.29. The van der Waals surface area contributed by atoms with Crippen LogP contribution in [0, 0.1) is 13.8 Å². The standard InChI is InChI=1S/C54H48N2/c1-5-41-16-20-44(21-17-41)46-24-32-51(33-25-46)55(49-28-12-39(3)13-29-49)53-36-48(43-10-8-7-9-11-43)37-54(38-53)56(50-30-14-40(4)15-31-50)52-34-26-47(27-35-52)45-22-18-42(6-2)19-23-45/h7-38H,5-6H2,1-4H3. The van der Waals surface area contributed by atoms with Crippen molar-refractivity contribution in [2.24, 2.45) is 0 Å². The highest BCUT2D eigenvalue weighted by atomic mass is 15.2. The Kier molecular flexibility index (Phi) is 10.6. The summed E-state index contributed by atoms with van der Waals surface area (Å²) in [6, 6.07) is 71.3. The van der Waals surface area contributed by atoms with Gasteiger partial charge in [-0.2, -0.15) is 0 Å². The third kappa shape index (κ3) is 7.92. The van der Waals surface area contributed by atoms with Gasteiger partial charge < -0.3 is 9.80 Å². The van der Waals surface area contributed by atoms with E-state index < -0.39 is 0 Å². The molecule has 0 bridgehead atoms. The van der Waals surface area contributed by atoms with Crippen LogP contribution in [0.3, 0.4) is 0 Å². The van der Waals surface area contributed by atoms with Crippen LogP contribution in [0.1, 0.15) is 36.1 Å². The minimum atomic E-state index is 1.04. The van der Waals surface area contributed by atoms with E-state index in [1.54, 1.807) is 0 Å². The second kappa shape index (κ2) is 16.4. The van der Waals surface area contributed by atoms with Crippen molar-refractivity contribution in [3.63, 3.8) is 0 Å². The van der Waals surface area contributed by atoms with Crippen LogP contribution in [0.2, 0.25) is 0 Å². The molecule has 274 valence electrons. The SMILES string of the molecule is CCc1ccc(-c2ccc(N(c3ccc(C)cc3)c3cc(-c4ccccc4)cc(N(c4ccc(C)cc4)c4ccc(-c5ccc(CC)cc5)cc4)c3)cc2)cc1. The second-order valence-electron chi connectivity index (χ2n) is 14.6. The molecular weight excluding hydrogens is 677 g/mol. The van der Waals surface area contributed by atoms with Crippen molar-refractivity contribution < 1.29 is 0 Å². The molecule has 0 aliphatic heterocycles. The minimum absolute atomic E-state index is 1.04. The first-order chi connectivity index (χ1) is 27.4. The van der Waals surface area contributed by atoms with Gasteiger partial charge in [0.05, 0.1) is 0 Å². The third-order valence-electron chi connectivity index (χ3n) is 10.8. The third-order valence-corrected chi connectivity index (χ3v) is 10.8. The van der Waals surface area contributed by atoms with Crippen molar-refractivity contribution in [3.8, 4) is 33.4 Å². The fourth-order valence-corrected chi connectivity index (χ4v) is 7.40. The number of hydrogen-bond donors (Lipinski definition) is 0. The van der Waals surface area contributed by atoms with Crippen LogP contribution < -0.4 is 9.80 Å². The van der Waals surface area contributed by atoms with Crippen LogP contribution in [0.5, 0.6) is 0 Å². The molecule has 8 rings (SSSR count). The van der Waals surface area contributed by atoms with E-state index in [0.29, 0.717) is 0 Å². The van der Waals surface area contributed by atoms with Crippen molar-refractivity contribution >= 4 is 34.1 Å². The summed E-state index contributed by atoms with van der Waals surface area (Å²) in [6.45, 7) is 8.69. The Morgan fingerprint density at radius 2 is 0.589 bits per heavy atom. The quantitative estimate of drug-likeness (QED) is 0.131. The molecular formula is C54H48N2. The fourth-order valence-electron chi connectivity index (χ4n) is 7.40. The highest BCUT2D eigenvalue weighted by molar-refractivity contribution is 5.88. The van der Waals surface area contributed by atoms with Gasteiger partial charge in [-0.05, 0) is 138 Å². The Bertz CT molecular complexity index is 2340. The summed E-state index contributed by atoms with van der Waals surface area (Å²) < 4.78 is 0. The smallest absolute Gasteiger partial charge is 0.0488 e. The highest BCUT2D eigenvalue weighted by Gasteiger charge is 2.20. The van der Waals surface area contributed by atoms with E-state index in [1.165, 1.54) is 50.1 Å². The van der Waals surface area contributed by atoms with Crippen LogP contribution >= 0.6 is 0 Å². The Labute approximate surface area is 333 Å². The first kappa shape index (κ1) is 36.3. The van der Waals surface area contributed by atoms with E-state index in [2.05, 4.69) is 232 Å². The molecule has 0 fully saturated rings.